The highest BCUT2D eigenvalue weighted by molar-refractivity contribution is 7.11. The summed E-state index contributed by atoms with van der Waals surface area (Å²) in [5, 5.41) is 3.87. The lowest BCUT2D eigenvalue weighted by molar-refractivity contribution is 0.324. The lowest BCUT2D eigenvalue weighted by atomic mass is 9.94. The van der Waals surface area contributed by atoms with E-state index in [1.807, 2.05) is 11.3 Å². The van der Waals surface area contributed by atoms with E-state index in [-0.39, 0.29) is 0 Å². The molecule has 0 amide bonds. The van der Waals surface area contributed by atoms with E-state index in [2.05, 4.69) is 31.3 Å². The third kappa shape index (κ3) is 2.58. The molecule has 1 N–H and O–H groups in total. The van der Waals surface area contributed by atoms with Crippen molar-refractivity contribution in [1.82, 2.24) is 5.32 Å². The highest BCUT2D eigenvalue weighted by atomic mass is 32.1. The minimum absolute atomic E-state index is 0.636. The number of hydrogen-bond donors (Lipinski definition) is 1. The Hall–Kier alpha value is -0.340. The summed E-state index contributed by atoms with van der Waals surface area (Å²) < 4.78 is 0. The molecule has 4 atom stereocenters. The monoisotopic (exact) mass is 249 g/mol. The molecule has 2 heteroatoms. The van der Waals surface area contributed by atoms with Crippen LogP contribution in [0.1, 0.15) is 42.4 Å². The molecule has 3 rings (SSSR count). The molecular weight excluding hydrogens is 226 g/mol. The number of hydrogen-bond acceptors (Lipinski definition) is 2. The Morgan fingerprint density at radius 3 is 2.82 bits per heavy atom. The first kappa shape index (κ1) is 11.7. The molecule has 1 aromatic heterocycles. The van der Waals surface area contributed by atoms with E-state index in [0.29, 0.717) is 6.04 Å². The van der Waals surface area contributed by atoms with E-state index in [1.54, 1.807) is 0 Å². The van der Waals surface area contributed by atoms with Crippen LogP contribution in [-0.2, 0) is 6.42 Å². The van der Waals surface area contributed by atoms with Crippen LogP contribution < -0.4 is 5.32 Å². The van der Waals surface area contributed by atoms with Gasteiger partial charge in [0.25, 0.3) is 0 Å². The van der Waals surface area contributed by atoms with Crippen LogP contribution in [0, 0.1) is 18.8 Å². The second-order valence-electron chi connectivity index (χ2n) is 6.07. The molecule has 2 fully saturated rings. The Morgan fingerprint density at radius 1 is 1.35 bits per heavy atom. The molecule has 2 saturated carbocycles. The van der Waals surface area contributed by atoms with Gasteiger partial charge in [-0.2, -0.15) is 0 Å². The van der Waals surface area contributed by atoms with Gasteiger partial charge in [-0.1, -0.05) is 6.42 Å². The fourth-order valence-electron chi connectivity index (χ4n) is 3.77. The minimum Gasteiger partial charge on any atom is -0.311 e. The van der Waals surface area contributed by atoms with Gasteiger partial charge in [-0.05, 0) is 63.5 Å². The van der Waals surface area contributed by atoms with Crippen molar-refractivity contribution >= 4 is 11.3 Å². The van der Waals surface area contributed by atoms with E-state index < -0.39 is 0 Å². The molecule has 1 aromatic rings. The molecule has 0 saturated heterocycles. The molecule has 1 heterocycles. The molecule has 2 aliphatic rings. The van der Waals surface area contributed by atoms with E-state index in [4.69, 9.17) is 0 Å². The van der Waals surface area contributed by atoms with Gasteiger partial charge in [-0.15, -0.1) is 11.3 Å². The number of nitrogens with one attached hydrogen (secondary N) is 1. The van der Waals surface area contributed by atoms with Gasteiger partial charge in [0.15, 0.2) is 0 Å². The van der Waals surface area contributed by atoms with Crippen LogP contribution in [0.5, 0.6) is 0 Å². The summed E-state index contributed by atoms with van der Waals surface area (Å²) in [7, 11) is 0. The third-order valence-corrected chi connectivity index (χ3v) is 5.56. The Kier molecular flexibility index (Phi) is 3.27. The maximum Gasteiger partial charge on any atom is 0.0101 e. The molecule has 17 heavy (non-hydrogen) atoms. The first-order valence-corrected chi connectivity index (χ1v) is 7.83. The molecule has 0 aromatic carbocycles. The van der Waals surface area contributed by atoms with Crippen LogP contribution in [-0.4, -0.2) is 12.1 Å². The van der Waals surface area contributed by atoms with Gasteiger partial charge >= 0.3 is 0 Å². The van der Waals surface area contributed by atoms with Crippen molar-refractivity contribution in [2.45, 2.75) is 58.0 Å². The van der Waals surface area contributed by atoms with Gasteiger partial charge in [-0.25, -0.2) is 0 Å². The van der Waals surface area contributed by atoms with Gasteiger partial charge in [0.2, 0.25) is 0 Å². The standard InChI is InChI=1S/C15H23NS/c1-10(7-14-6-3-11(2)17-14)16-15-9-12-4-5-13(15)8-12/h3,6,10,12-13,15-16H,4-5,7-9H2,1-2H3. The SMILES string of the molecule is Cc1ccc(CC(C)NC2CC3CCC2C3)s1. The largest absolute Gasteiger partial charge is 0.311 e. The topological polar surface area (TPSA) is 12.0 Å². The zero-order valence-electron chi connectivity index (χ0n) is 10.9. The van der Waals surface area contributed by atoms with Gasteiger partial charge in [0.05, 0.1) is 0 Å². The predicted molar refractivity (Wildman–Crippen MR) is 74.6 cm³/mol. The zero-order chi connectivity index (χ0) is 11.8. The summed E-state index contributed by atoms with van der Waals surface area (Å²) in [6.07, 6.45) is 7.13. The highest BCUT2D eigenvalue weighted by Crippen LogP contribution is 2.44. The van der Waals surface area contributed by atoms with Gasteiger partial charge in [0.1, 0.15) is 0 Å². The van der Waals surface area contributed by atoms with Crippen LogP contribution in [0.3, 0.4) is 0 Å². The Labute approximate surface area is 109 Å². The minimum atomic E-state index is 0.636. The van der Waals surface area contributed by atoms with Crippen LogP contribution >= 0.6 is 11.3 Å². The summed E-state index contributed by atoms with van der Waals surface area (Å²) in [5.74, 6) is 2.04. The maximum atomic E-state index is 3.87. The maximum absolute atomic E-state index is 3.87. The van der Waals surface area contributed by atoms with Crippen molar-refractivity contribution < 1.29 is 0 Å². The van der Waals surface area contributed by atoms with E-state index >= 15 is 0 Å². The second-order valence-corrected chi connectivity index (χ2v) is 7.44. The van der Waals surface area contributed by atoms with Gasteiger partial charge < -0.3 is 5.32 Å². The molecule has 4 unspecified atom stereocenters. The fraction of sp³-hybridized carbons (Fsp3) is 0.733. The molecule has 1 nitrogen and oxygen atoms in total. The summed E-state index contributed by atoms with van der Waals surface area (Å²) >= 11 is 1.95. The van der Waals surface area contributed by atoms with Crippen LogP contribution in [0.25, 0.3) is 0 Å². The molecule has 2 bridgehead atoms. The first-order valence-electron chi connectivity index (χ1n) is 7.02. The van der Waals surface area contributed by atoms with E-state index in [1.165, 1.54) is 41.9 Å². The van der Waals surface area contributed by atoms with Crippen molar-refractivity contribution in [2.75, 3.05) is 0 Å². The zero-order valence-corrected chi connectivity index (χ0v) is 11.7. The summed E-state index contributed by atoms with van der Waals surface area (Å²) in [4.78, 5) is 2.97. The summed E-state index contributed by atoms with van der Waals surface area (Å²) in [6.45, 7) is 4.54. The predicted octanol–water partition coefficient (Wildman–Crippen LogP) is 3.77. The third-order valence-electron chi connectivity index (χ3n) is 4.54. The lowest BCUT2D eigenvalue weighted by Gasteiger charge is -2.26. The van der Waals surface area contributed by atoms with Gasteiger partial charge in [0, 0.05) is 21.8 Å². The Morgan fingerprint density at radius 2 is 2.24 bits per heavy atom. The number of fused-ring (bicyclic) bond motifs is 2. The average Bonchev–Trinajstić information content (AvgIpc) is 2.95. The smallest absolute Gasteiger partial charge is 0.0101 e. The average molecular weight is 249 g/mol. The molecular formula is C15H23NS. The molecule has 0 radical (unpaired) electrons. The van der Waals surface area contributed by atoms with Crippen molar-refractivity contribution in [2.24, 2.45) is 11.8 Å². The number of thiophene rings is 1. The quantitative estimate of drug-likeness (QED) is 0.856. The van der Waals surface area contributed by atoms with E-state index in [0.717, 1.165) is 17.9 Å². The number of aryl methyl sites for hydroxylation is 1. The second kappa shape index (κ2) is 4.74. The van der Waals surface area contributed by atoms with Crippen molar-refractivity contribution in [3.63, 3.8) is 0 Å². The van der Waals surface area contributed by atoms with Crippen molar-refractivity contribution in [3.8, 4) is 0 Å². The lowest BCUT2D eigenvalue weighted by Crippen LogP contribution is -2.40. The van der Waals surface area contributed by atoms with E-state index in [9.17, 15) is 0 Å². The summed E-state index contributed by atoms with van der Waals surface area (Å²) in [6, 6.07) is 5.99. The number of rotatable bonds is 4. The molecule has 2 aliphatic carbocycles. The highest BCUT2D eigenvalue weighted by Gasteiger charge is 2.39. The van der Waals surface area contributed by atoms with Crippen LogP contribution in [0.15, 0.2) is 12.1 Å². The normalized spacial score (nSPS) is 33.2. The van der Waals surface area contributed by atoms with Crippen molar-refractivity contribution in [3.05, 3.63) is 21.9 Å². The molecule has 94 valence electrons. The Balaban J connectivity index is 1.52. The summed E-state index contributed by atoms with van der Waals surface area (Å²) in [5.41, 5.74) is 0. The van der Waals surface area contributed by atoms with Crippen molar-refractivity contribution in [1.29, 1.82) is 0 Å². The molecule has 0 spiro atoms. The molecule has 0 aliphatic heterocycles. The van der Waals surface area contributed by atoms with Gasteiger partial charge in [-0.3, -0.25) is 0 Å². The van der Waals surface area contributed by atoms with Crippen LogP contribution in [0.4, 0.5) is 0 Å². The Bertz CT molecular complexity index is 384. The fourth-order valence-corrected chi connectivity index (χ4v) is 4.79. The van der Waals surface area contributed by atoms with Crippen LogP contribution in [0.2, 0.25) is 0 Å². The first-order chi connectivity index (χ1) is 8.20.